The topological polar surface area (TPSA) is 77.6 Å². The minimum Gasteiger partial charge on any atom is -0.399 e. The van der Waals surface area contributed by atoms with Gasteiger partial charge < -0.3 is 5.73 Å². The SMILES string of the molecule is Nc1ccccc1.c1ccncc1.c1cnnnc1. The van der Waals surface area contributed by atoms with E-state index in [2.05, 4.69) is 20.4 Å². The summed E-state index contributed by atoms with van der Waals surface area (Å²) in [4.78, 5) is 3.78. The van der Waals surface area contributed by atoms with Gasteiger partial charge in [0.25, 0.3) is 0 Å². The van der Waals surface area contributed by atoms with E-state index in [1.54, 1.807) is 30.9 Å². The summed E-state index contributed by atoms with van der Waals surface area (Å²) in [5.74, 6) is 0. The van der Waals surface area contributed by atoms with Crippen LogP contribution in [-0.2, 0) is 0 Å². The van der Waals surface area contributed by atoms with Gasteiger partial charge in [0.05, 0.1) is 12.4 Å². The highest BCUT2D eigenvalue weighted by Crippen LogP contribution is 1.95. The van der Waals surface area contributed by atoms with Crippen molar-refractivity contribution >= 4 is 5.69 Å². The first-order chi connectivity index (χ1) is 9.39. The second-order valence-electron chi connectivity index (χ2n) is 3.25. The lowest BCUT2D eigenvalue weighted by Crippen LogP contribution is -1.79. The molecule has 0 radical (unpaired) electrons. The third-order valence-corrected chi connectivity index (χ3v) is 1.77. The standard InChI is InChI=1S/C6H7N.C5H5N.C3H3N3/c7-6-4-2-1-3-5-6;2*1-2-4-6-5-3-1/h1-5H,7H2;1-5H;1-3H. The second-order valence-corrected chi connectivity index (χ2v) is 3.25. The highest BCUT2D eigenvalue weighted by Gasteiger charge is 1.72. The van der Waals surface area contributed by atoms with Crippen LogP contribution < -0.4 is 5.73 Å². The lowest BCUT2D eigenvalue weighted by Gasteiger charge is -1.83. The maximum Gasteiger partial charge on any atom is 0.0529 e. The third kappa shape index (κ3) is 8.93. The van der Waals surface area contributed by atoms with Gasteiger partial charge in [-0.25, -0.2) is 0 Å². The van der Waals surface area contributed by atoms with Crippen molar-refractivity contribution in [1.82, 2.24) is 20.4 Å². The number of para-hydroxylation sites is 1. The largest absolute Gasteiger partial charge is 0.399 e. The van der Waals surface area contributed by atoms with Crippen molar-refractivity contribution in [3.8, 4) is 0 Å². The van der Waals surface area contributed by atoms with Crippen molar-refractivity contribution in [2.75, 3.05) is 5.73 Å². The van der Waals surface area contributed by atoms with Gasteiger partial charge in [-0.05, 0) is 35.5 Å². The number of rotatable bonds is 0. The van der Waals surface area contributed by atoms with Gasteiger partial charge in [-0.1, -0.05) is 24.3 Å². The summed E-state index contributed by atoms with van der Waals surface area (Å²) in [6.45, 7) is 0. The van der Waals surface area contributed by atoms with Crippen LogP contribution in [0, 0.1) is 0 Å². The van der Waals surface area contributed by atoms with E-state index in [4.69, 9.17) is 5.73 Å². The van der Waals surface area contributed by atoms with Gasteiger partial charge in [-0.2, -0.15) is 0 Å². The molecule has 0 fully saturated rings. The molecule has 2 N–H and O–H groups in total. The van der Waals surface area contributed by atoms with Crippen LogP contribution in [0.1, 0.15) is 0 Å². The van der Waals surface area contributed by atoms with Gasteiger partial charge in [-0.3, -0.25) is 4.98 Å². The maximum absolute atomic E-state index is 5.36. The van der Waals surface area contributed by atoms with Gasteiger partial charge >= 0.3 is 0 Å². The molecule has 2 heterocycles. The molecule has 0 aliphatic heterocycles. The van der Waals surface area contributed by atoms with Crippen molar-refractivity contribution in [2.24, 2.45) is 0 Å². The van der Waals surface area contributed by atoms with Crippen LogP contribution in [0.25, 0.3) is 0 Å². The van der Waals surface area contributed by atoms with Gasteiger partial charge in [-0.15, -0.1) is 10.2 Å². The second kappa shape index (κ2) is 10.3. The molecule has 0 aliphatic carbocycles. The van der Waals surface area contributed by atoms with Gasteiger partial charge in [0.2, 0.25) is 0 Å². The molecule has 0 aliphatic rings. The average molecular weight is 253 g/mol. The number of nitrogen functional groups attached to an aromatic ring is 1. The number of nitrogens with two attached hydrogens (primary N) is 1. The van der Waals surface area contributed by atoms with Crippen LogP contribution >= 0.6 is 0 Å². The first-order valence-corrected chi connectivity index (χ1v) is 5.63. The van der Waals surface area contributed by atoms with E-state index in [0.29, 0.717) is 0 Å². The summed E-state index contributed by atoms with van der Waals surface area (Å²) >= 11 is 0. The summed E-state index contributed by atoms with van der Waals surface area (Å²) in [7, 11) is 0. The monoisotopic (exact) mass is 253 g/mol. The van der Waals surface area contributed by atoms with Gasteiger partial charge in [0.15, 0.2) is 0 Å². The smallest absolute Gasteiger partial charge is 0.0529 e. The number of hydrogen-bond acceptors (Lipinski definition) is 5. The third-order valence-electron chi connectivity index (χ3n) is 1.77. The Morgan fingerprint density at radius 1 is 0.632 bits per heavy atom. The van der Waals surface area contributed by atoms with E-state index in [0.717, 1.165) is 5.69 Å². The molecule has 0 atom stereocenters. The summed E-state index contributed by atoms with van der Waals surface area (Å²) in [5.41, 5.74) is 6.18. The highest BCUT2D eigenvalue weighted by molar-refractivity contribution is 5.35. The average Bonchev–Trinajstić information content (AvgIpc) is 2.53. The molecule has 3 rings (SSSR count). The molecule has 2 aromatic heterocycles. The fraction of sp³-hybridized carbons (Fsp3) is 0. The van der Waals surface area contributed by atoms with E-state index >= 15 is 0 Å². The fourth-order valence-corrected chi connectivity index (χ4v) is 0.971. The number of benzene rings is 1. The Hall–Kier alpha value is -2.82. The normalized spacial score (nSPS) is 8.21. The summed E-state index contributed by atoms with van der Waals surface area (Å²) in [5, 5.41) is 10.1. The summed E-state index contributed by atoms with van der Waals surface area (Å²) in [6.07, 6.45) is 6.65. The first kappa shape index (κ1) is 14.2. The number of hydrogen-bond donors (Lipinski definition) is 1. The molecule has 5 nitrogen and oxygen atoms in total. The van der Waals surface area contributed by atoms with Gasteiger partial charge in [0.1, 0.15) is 0 Å². The molecule has 0 unspecified atom stereocenters. The Bertz CT molecular complexity index is 417. The zero-order valence-electron chi connectivity index (χ0n) is 10.4. The summed E-state index contributed by atoms with van der Waals surface area (Å²) < 4.78 is 0. The Morgan fingerprint density at radius 2 is 1.21 bits per heavy atom. The first-order valence-electron chi connectivity index (χ1n) is 5.63. The highest BCUT2D eigenvalue weighted by atomic mass is 15.3. The molecular formula is C14H15N5. The van der Waals surface area contributed by atoms with Crippen LogP contribution in [0.15, 0.2) is 79.4 Å². The van der Waals surface area contributed by atoms with Crippen molar-refractivity contribution in [3.63, 3.8) is 0 Å². The van der Waals surface area contributed by atoms with Crippen LogP contribution in [0.3, 0.4) is 0 Å². The van der Waals surface area contributed by atoms with E-state index < -0.39 is 0 Å². The Balaban J connectivity index is 0.000000143. The lowest BCUT2D eigenvalue weighted by atomic mass is 10.3. The van der Waals surface area contributed by atoms with E-state index in [1.807, 2.05) is 48.5 Å². The zero-order valence-corrected chi connectivity index (χ0v) is 10.4. The van der Waals surface area contributed by atoms with Crippen LogP contribution in [0.4, 0.5) is 5.69 Å². The van der Waals surface area contributed by atoms with E-state index in [9.17, 15) is 0 Å². The number of pyridine rings is 1. The molecule has 5 heteroatoms. The van der Waals surface area contributed by atoms with Crippen LogP contribution in [-0.4, -0.2) is 20.4 Å². The molecule has 0 saturated heterocycles. The zero-order chi connectivity index (χ0) is 13.6. The van der Waals surface area contributed by atoms with Gasteiger partial charge in [0, 0.05) is 18.1 Å². The van der Waals surface area contributed by atoms with E-state index in [-0.39, 0.29) is 0 Å². The number of aromatic nitrogens is 4. The molecule has 96 valence electrons. The molecule has 3 aromatic rings. The Labute approximate surface area is 112 Å². The number of anilines is 1. The summed E-state index contributed by atoms with van der Waals surface area (Å²) in [6, 6.07) is 16.9. The lowest BCUT2D eigenvalue weighted by molar-refractivity contribution is 0.865. The molecule has 0 saturated carbocycles. The maximum atomic E-state index is 5.36. The van der Waals surface area contributed by atoms with Crippen molar-refractivity contribution in [1.29, 1.82) is 0 Å². The predicted molar refractivity (Wildman–Crippen MR) is 74.9 cm³/mol. The number of nitrogens with zero attached hydrogens (tertiary/aromatic N) is 4. The molecule has 1 aromatic carbocycles. The molecule has 0 spiro atoms. The molecular weight excluding hydrogens is 238 g/mol. The molecule has 19 heavy (non-hydrogen) atoms. The minimum atomic E-state index is 0.822. The van der Waals surface area contributed by atoms with E-state index in [1.165, 1.54) is 0 Å². The molecule has 0 bridgehead atoms. The minimum absolute atomic E-state index is 0.822. The van der Waals surface area contributed by atoms with Crippen LogP contribution in [0.5, 0.6) is 0 Å². The quantitative estimate of drug-likeness (QED) is 0.621. The van der Waals surface area contributed by atoms with Crippen molar-refractivity contribution < 1.29 is 0 Å². The Morgan fingerprint density at radius 3 is 1.42 bits per heavy atom. The molecule has 0 amide bonds. The predicted octanol–water partition coefficient (Wildman–Crippen LogP) is 2.22. The fourth-order valence-electron chi connectivity index (χ4n) is 0.971. The Kier molecular flexibility index (Phi) is 7.75. The van der Waals surface area contributed by atoms with Crippen LogP contribution in [0.2, 0.25) is 0 Å². The van der Waals surface area contributed by atoms with Crippen molar-refractivity contribution in [2.45, 2.75) is 0 Å². The van der Waals surface area contributed by atoms with Crippen molar-refractivity contribution in [3.05, 3.63) is 79.4 Å².